The lowest BCUT2D eigenvalue weighted by atomic mass is 9.96. The van der Waals surface area contributed by atoms with Crippen LogP contribution in [0.5, 0.6) is 0 Å². The van der Waals surface area contributed by atoms with Crippen LogP contribution in [0.2, 0.25) is 0 Å². The molecule has 1 aromatic heterocycles. The Morgan fingerprint density at radius 3 is 2.52 bits per heavy atom. The molecule has 0 unspecified atom stereocenters. The van der Waals surface area contributed by atoms with Gasteiger partial charge in [0.15, 0.2) is 16.5 Å². The van der Waals surface area contributed by atoms with Gasteiger partial charge in [-0.2, -0.15) is 0 Å². The van der Waals surface area contributed by atoms with Crippen LogP contribution in [0.1, 0.15) is 40.5 Å². The van der Waals surface area contributed by atoms with E-state index in [4.69, 9.17) is 23.7 Å². The fraction of sp³-hybridized carbons (Fsp3) is 0.650. The van der Waals surface area contributed by atoms with Gasteiger partial charge in [-0.15, -0.1) is 0 Å². The first-order valence-electron chi connectivity index (χ1n) is 10.4. The molecule has 0 fully saturated rings. The van der Waals surface area contributed by atoms with Gasteiger partial charge >= 0.3 is 0 Å². The van der Waals surface area contributed by atoms with E-state index in [2.05, 4.69) is 15.3 Å². The first-order chi connectivity index (χ1) is 14.5. The van der Waals surface area contributed by atoms with E-state index in [1.165, 1.54) is 16.8 Å². The maximum absolute atomic E-state index is 13.3. The number of Topliss-reactive ketones (excluding diaryl/α,β-unsaturated/α-hetero) is 1. The van der Waals surface area contributed by atoms with Crippen molar-refractivity contribution in [2.24, 2.45) is 22.4 Å². The lowest BCUT2D eigenvalue weighted by Crippen LogP contribution is -2.50. The number of ketones is 1. The highest BCUT2D eigenvalue weighted by molar-refractivity contribution is 7.71. The van der Waals surface area contributed by atoms with E-state index in [1.54, 1.807) is 4.90 Å². The van der Waals surface area contributed by atoms with Crippen molar-refractivity contribution in [3.8, 4) is 0 Å². The van der Waals surface area contributed by atoms with E-state index in [0.29, 0.717) is 32.5 Å². The minimum atomic E-state index is -0.604. The van der Waals surface area contributed by atoms with Gasteiger partial charge < -0.3 is 26.3 Å². The first kappa shape index (κ1) is 26.5. The number of H-pyrrole nitrogens is 1. The Morgan fingerprint density at radius 2 is 1.97 bits per heavy atom. The number of aliphatic imine (C=N–C) groups is 1. The molecule has 0 aliphatic heterocycles. The molecule has 1 rings (SSSR count). The molecule has 0 spiro atoms. The van der Waals surface area contributed by atoms with Crippen molar-refractivity contribution in [1.29, 1.82) is 0 Å². The van der Waals surface area contributed by atoms with Crippen molar-refractivity contribution in [2.75, 3.05) is 19.6 Å². The van der Waals surface area contributed by atoms with Crippen LogP contribution in [0, 0.1) is 10.7 Å². The van der Waals surface area contributed by atoms with Crippen LogP contribution in [-0.4, -0.2) is 63.8 Å². The van der Waals surface area contributed by atoms with Crippen molar-refractivity contribution in [3.05, 3.63) is 27.4 Å². The zero-order valence-corrected chi connectivity index (χ0v) is 19.6. The number of nitrogens with one attached hydrogen (secondary N) is 2. The lowest BCUT2D eigenvalue weighted by Gasteiger charge is -2.32. The molecule has 10 nitrogen and oxygen atoms in total. The van der Waals surface area contributed by atoms with Crippen molar-refractivity contribution in [3.63, 3.8) is 0 Å². The molecule has 0 radical (unpaired) electrons. The summed E-state index contributed by atoms with van der Waals surface area (Å²) in [5.41, 5.74) is 10.4. The fourth-order valence-corrected chi connectivity index (χ4v) is 3.29. The minimum absolute atomic E-state index is 0.00625. The highest BCUT2D eigenvalue weighted by Gasteiger charge is 2.30. The molecule has 6 N–H and O–H groups in total. The molecule has 31 heavy (non-hydrogen) atoms. The maximum atomic E-state index is 13.3. The van der Waals surface area contributed by atoms with E-state index in [1.807, 2.05) is 27.7 Å². The van der Waals surface area contributed by atoms with Crippen LogP contribution >= 0.6 is 12.2 Å². The van der Waals surface area contributed by atoms with Gasteiger partial charge in [-0.05, 0) is 25.1 Å². The predicted molar refractivity (Wildman–Crippen MR) is 124 cm³/mol. The number of rotatable bonds is 13. The number of aromatic nitrogens is 2. The lowest BCUT2D eigenvalue weighted by molar-refractivity contribution is -0.141. The number of hydrogen-bond donors (Lipinski definition) is 4. The Morgan fingerprint density at radius 1 is 1.29 bits per heavy atom. The summed E-state index contributed by atoms with van der Waals surface area (Å²) in [5.74, 6) is -0.521. The van der Waals surface area contributed by atoms with Crippen LogP contribution in [0.3, 0.4) is 0 Å². The summed E-state index contributed by atoms with van der Waals surface area (Å²) in [5, 5.41) is 3.28. The highest BCUT2D eigenvalue weighted by atomic mass is 32.1. The van der Waals surface area contributed by atoms with Crippen molar-refractivity contribution in [1.82, 2.24) is 19.8 Å². The summed E-state index contributed by atoms with van der Waals surface area (Å²) in [7, 11) is 0. The van der Waals surface area contributed by atoms with Crippen molar-refractivity contribution in [2.45, 2.75) is 59.2 Å². The van der Waals surface area contributed by atoms with Crippen LogP contribution in [0.25, 0.3) is 0 Å². The van der Waals surface area contributed by atoms with Gasteiger partial charge in [0, 0.05) is 43.9 Å². The largest absolute Gasteiger partial charge is 0.370 e. The Labute approximate surface area is 188 Å². The second-order valence-corrected chi connectivity index (χ2v) is 8.34. The topological polar surface area (TPSA) is 152 Å². The molecule has 0 saturated heterocycles. The molecule has 1 atom stereocenters. The van der Waals surface area contributed by atoms with Gasteiger partial charge in [-0.1, -0.05) is 27.7 Å². The van der Waals surface area contributed by atoms with Crippen molar-refractivity contribution < 1.29 is 9.59 Å². The molecule has 1 amide bonds. The summed E-state index contributed by atoms with van der Waals surface area (Å²) < 4.78 is 1.64. The number of aromatic amines is 1. The van der Waals surface area contributed by atoms with Gasteiger partial charge in [-0.25, -0.2) is 0 Å². The summed E-state index contributed by atoms with van der Waals surface area (Å²) >= 11 is 5.15. The fourth-order valence-electron chi connectivity index (χ4n) is 3.06. The Balaban J connectivity index is 3.13. The van der Waals surface area contributed by atoms with Crippen LogP contribution in [-0.2, 0) is 16.1 Å². The van der Waals surface area contributed by atoms with Crippen LogP contribution in [0.4, 0.5) is 0 Å². The van der Waals surface area contributed by atoms with E-state index in [0.717, 1.165) is 0 Å². The third-order valence-electron chi connectivity index (χ3n) is 4.63. The molecule has 0 saturated carbocycles. The molecule has 0 aliphatic carbocycles. The molecular formula is C20H35N7O3S. The number of nitrogens with zero attached hydrogens (tertiary/aromatic N) is 3. The van der Waals surface area contributed by atoms with Crippen LogP contribution in [0.15, 0.2) is 22.1 Å². The molecule has 174 valence electrons. The first-order valence-corrected chi connectivity index (χ1v) is 10.9. The van der Waals surface area contributed by atoms with E-state index in [9.17, 15) is 14.4 Å². The quantitative estimate of drug-likeness (QED) is 0.146. The second-order valence-electron chi connectivity index (χ2n) is 7.96. The molecular weight excluding hydrogens is 418 g/mol. The third kappa shape index (κ3) is 9.43. The van der Waals surface area contributed by atoms with E-state index < -0.39 is 6.04 Å². The zero-order chi connectivity index (χ0) is 23.6. The van der Waals surface area contributed by atoms with Crippen LogP contribution < -0.4 is 22.3 Å². The van der Waals surface area contributed by atoms with Crippen molar-refractivity contribution >= 4 is 29.9 Å². The smallest absolute Gasteiger partial charge is 0.251 e. The summed E-state index contributed by atoms with van der Waals surface area (Å²) in [6, 6.07) is 0.943. The minimum Gasteiger partial charge on any atom is -0.370 e. The van der Waals surface area contributed by atoms with Gasteiger partial charge in [-0.3, -0.25) is 24.4 Å². The SMILES string of the molecule is CC(C)NCCN(C(=O)Cn1ccc(=O)[nH]c1=S)[C@H](CCCN=C(N)N)C(=O)C(C)C. The summed E-state index contributed by atoms with van der Waals surface area (Å²) in [6.45, 7) is 8.86. The Hall–Kier alpha value is -2.53. The average molecular weight is 454 g/mol. The molecule has 11 heteroatoms. The van der Waals surface area contributed by atoms with E-state index >= 15 is 0 Å². The monoisotopic (exact) mass is 453 g/mol. The Kier molecular flexibility index (Phi) is 11.1. The Bertz CT molecular complexity index is 872. The average Bonchev–Trinajstić information content (AvgIpc) is 2.67. The highest BCUT2D eigenvalue weighted by Crippen LogP contribution is 2.15. The maximum Gasteiger partial charge on any atom is 0.251 e. The number of hydrogen-bond acceptors (Lipinski definition) is 6. The number of amides is 1. The summed E-state index contributed by atoms with van der Waals surface area (Å²) in [4.78, 5) is 45.7. The number of nitrogens with two attached hydrogens (primary N) is 2. The summed E-state index contributed by atoms with van der Waals surface area (Å²) in [6.07, 6.45) is 2.47. The second kappa shape index (κ2) is 13.0. The molecule has 1 aromatic rings. The third-order valence-corrected chi connectivity index (χ3v) is 4.97. The zero-order valence-electron chi connectivity index (χ0n) is 18.8. The molecule has 0 bridgehead atoms. The van der Waals surface area contributed by atoms with Gasteiger partial charge in [0.1, 0.15) is 6.54 Å². The molecule has 0 aromatic carbocycles. The standard InChI is InChI=1S/C20H35N7O3S/c1-13(2)18(30)15(6-5-8-24-19(21)22)27(11-9-23-14(3)4)17(29)12-26-10-7-16(28)25-20(26)31/h7,10,13-15,23H,5-6,8-9,11-12H2,1-4H3,(H4,21,22,24)(H,25,28,31)/t15-/m1/s1. The van der Waals surface area contributed by atoms with Gasteiger partial charge in [0.05, 0.1) is 6.04 Å². The van der Waals surface area contributed by atoms with Gasteiger partial charge in [0.2, 0.25) is 5.91 Å². The number of guanidine groups is 1. The molecule has 1 heterocycles. The van der Waals surface area contributed by atoms with E-state index in [-0.39, 0.29) is 46.5 Å². The predicted octanol–water partition coefficient (Wildman–Crippen LogP) is 0.380. The number of carbonyl (C=O) groups excluding carboxylic acids is 2. The molecule has 0 aliphatic rings. The normalized spacial score (nSPS) is 12.1. The van der Waals surface area contributed by atoms with Gasteiger partial charge in [0.25, 0.3) is 5.56 Å². The number of carbonyl (C=O) groups is 2.